The van der Waals surface area contributed by atoms with Gasteiger partial charge >= 0.3 is 0 Å². The van der Waals surface area contributed by atoms with Crippen LogP contribution in [0, 0.1) is 5.41 Å². The van der Waals surface area contributed by atoms with Crippen LogP contribution in [0.1, 0.15) is 31.7 Å². The first-order valence-corrected chi connectivity index (χ1v) is 8.62. The van der Waals surface area contributed by atoms with E-state index in [0.717, 1.165) is 56.8 Å². The number of nitrogens with two attached hydrogens (primary N) is 1. The van der Waals surface area contributed by atoms with Crippen LogP contribution in [0.15, 0.2) is 12.5 Å². The van der Waals surface area contributed by atoms with Crippen molar-refractivity contribution in [2.75, 3.05) is 31.1 Å². The van der Waals surface area contributed by atoms with Crippen LogP contribution in [-0.4, -0.2) is 47.3 Å². The lowest BCUT2D eigenvalue weighted by atomic mass is 9.76. The summed E-state index contributed by atoms with van der Waals surface area (Å²) in [6, 6.07) is 0. The lowest BCUT2D eigenvalue weighted by Crippen LogP contribution is -2.41. The molecule has 0 saturated carbocycles. The highest BCUT2D eigenvalue weighted by Gasteiger charge is 2.42. The zero-order valence-corrected chi connectivity index (χ0v) is 13.7. The minimum atomic E-state index is 0.253. The minimum Gasteiger partial charge on any atom is -0.376 e. The number of anilines is 1. The lowest BCUT2D eigenvalue weighted by Gasteiger charge is -2.39. The maximum Gasteiger partial charge on any atom is 0.143 e. The average Bonchev–Trinajstić information content (AvgIpc) is 3.19. The van der Waals surface area contributed by atoms with Gasteiger partial charge in [0, 0.05) is 25.8 Å². The Morgan fingerprint density at radius 1 is 1.39 bits per heavy atom. The maximum absolute atomic E-state index is 5.86. The van der Waals surface area contributed by atoms with Gasteiger partial charge in [-0.1, -0.05) is 6.92 Å². The highest BCUT2D eigenvalue weighted by Crippen LogP contribution is 2.43. The van der Waals surface area contributed by atoms with Crippen LogP contribution in [0.5, 0.6) is 0 Å². The van der Waals surface area contributed by atoms with Gasteiger partial charge in [0.05, 0.1) is 18.1 Å². The molecule has 0 amide bonds. The van der Waals surface area contributed by atoms with Gasteiger partial charge < -0.3 is 20.4 Å². The molecule has 0 aromatic carbocycles. The van der Waals surface area contributed by atoms with E-state index in [0.29, 0.717) is 12.0 Å². The number of ether oxygens (including phenoxy) is 1. The summed E-state index contributed by atoms with van der Waals surface area (Å²) in [5.74, 6) is 1.08. The summed E-state index contributed by atoms with van der Waals surface area (Å²) < 4.78 is 5.86. The van der Waals surface area contributed by atoms with Gasteiger partial charge in [-0.15, -0.1) is 0 Å². The molecule has 2 aromatic rings. The first-order chi connectivity index (χ1) is 11.2. The summed E-state index contributed by atoms with van der Waals surface area (Å²) in [5, 5.41) is 1.19. The number of fused-ring (bicyclic) bond motifs is 1. The molecule has 3 N–H and O–H groups in total. The molecule has 23 heavy (non-hydrogen) atoms. The van der Waals surface area contributed by atoms with E-state index in [1.165, 1.54) is 10.9 Å². The average molecular weight is 315 g/mol. The van der Waals surface area contributed by atoms with Crippen molar-refractivity contribution in [2.45, 2.75) is 38.7 Å². The Balaban J connectivity index is 1.56. The van der Waals surface area contributed by atoms with Crippen LogP contribution >= 0.6 is 0 Å². The highest BCUT2D eigenvalue weighted by atomic mass is 16.5. The quantitative estimate of drug-likeness (QED) is 0.903. The monoisotopic (exact) mass is 315 g/mol. The fourth-order valence-corrected chi connectivity index (χ4v) is 4.12. The van der Waals surface area contributed by atoms with Gasteiger partial charge in [-0.25, -0.2) is 9.97 Å². The molecule has 2 aliphatic heterocycles. The number of H-pyrrole nitrogens is 1. The number of hydrogen-bond donors (Lipinski definition) is 2. The molecule has 2 saturated heterocycles. The number of aromatic nitrogens is 3. The van der Waals surface area contributed by atoms with Gasteiger partial charge in [-0.3, -0.25) is 0 Å². The summed E-state index contributed by atoms with van der Waals surface area (Å²) in [4.78, 5) is 14.7. The van der Waals surface area contributed by atoms with Crippen molar-refractivity contribution >= 4 is 16.9 Å². The number of piperidine rings is 1. The number of rotatable bonds is 3. The Labute approximate surface area is 136 Å². The maximum atomic E-state index is 5.86. The summed E-state index contributed by atoms with van der Waals surface area (Å²) in [7, 11) is 0. The third-order valence-corrected chi connectivity index (χ3v) is 5.58. The number of aromatic amines is 1. The van der Waals surface area contributed by atoms with Gasteiger partial charge in [0.2, 0.25) is 0 Å². The molecule has 1 atom stereocenters. The van der Waals surface area contributed by atoms with Crippen LogP contribution in [0.4, 0.5) is 5.82 Å². The van der Waals surface area contributed by atoms with Gasteiger partial charge in [-0.2, -0.15) is 0 Å². The lowest BCUT2D eigenvalue weighted by molar-refractivity contribution is 0.0926. The normalized spacial score (nSPS) is 23.9. The Kier molecular flexibility index (Phi) is 3.73. The fourth-order valence-electron chi connectivity index (χ4n) is 4.12. The van der Waals surface area contributed by atoms with E-state index >= 15 is 0 Å². The van der Waals surface area contributed by atoms with E-state index in [1.54, 1.807) is 6.33 Å². The van der Waals surface area contributed by atoms with Crippen molar-refractivity contribution in [3.63, 3.8) is 0 Å². The summed E-state index contributed by atoms with van der Waals surface area (Å²) in [5.41, 5.74) is 8.34. The third-order valence-electron chi connectivity index (χ3n) is 5.58. The second kappa shape index (κ2) is 5.76. The summed E-state index contributed by atoms with van der Waals surface area (Å²) in [6.45, 7) is 5.74. The van der Waals surface area contributed by atoms with E-state index in [1.807, 2.05) is 0 Å². The molecule has 4 heterocycles. The zero-order valence-electron chi connectivity index (χ0n) is 13.7. The molecular formula is C17H25N5O. The van der Waals surface area contributed by atoms with Crippen LogP contribution in [0.3, 0.4) is 0 Å². The second-order valence-corrected chi connectivity index (χ2v) is 6.95. The topological polar surface area (TPSA) is 80.1 Å². The molecule has 2 aromatic heterocycles. The van der Waals surface area contributed by atoms with Crippen LogP contribution in [0.2, 0.25) is 0 Å². The van der Waals surface area contributed by atoms with E-state index in [9.17, 15) is 0 Å². The molecule has 6 nitrogen and oxygen atoms in total. The van der Waals surface area contributed by atoms with Gasteiger partial charge in [-0.05, 0) is 36.7 Å². The Morgan fingerprint density at radius 3 is 2.91 bits per heavy atom. The molecule has 0 radical (unpaired) electrons. The molecule has 124 valence electrons. The number of aryl methyl sites for hydroxylation is 1. The number of nitrogens with one attached hydrogen (secondary N) is 1. The van der Waals surface area contributed by atoms with E-state index in [2.05, 4.69) is 33.0 Å². The van der Waals surface area contributed by atoms with Gasteiger partial charge in [0.25, 0.3) is 0 Å². The van der Waals surface area contributed by atoms with Gasteiger partial charge in [0.1, 0.15) is 17.8 Å². The molecule has 2 fully saturated rings. The summed E-state index contributed by atoms with van der Waals surface area (Å²) in [6.07, 6.45) is 8.39. The van der Waals surface area contributed by atoms with Crippen molar-refractivity contribution in [1.82, 2.24) is 15.0 Å². The molecule has 1 unspecified atom stereocenters. The third kappa shape index (κ3) is 2.50. The first kappa shape index (κ1) is 14.9. The van der Waals surface area contributed by atoms with E-state index in [-0.39, 0.29) is 6.10 Å². The minimum absolute atomic E-state index is 0.253. The molecule has 6 heteroatoms. The SMILES string of the molecule is CCc1c[nH]c2ncnc(N3CCC4(CC3)COC(CN)C4)c12. The van der Waals surface area contributed by atoms with Crippen LogP contribution in [0.25, 0.3) is 11.0 Å². The first-order valence-electron chi connectivity index (χ1n) is 8.62. The number of hydrogen-bond acceptors (Lipinski definition) is 5. The van der Waals surface area contributed by atoms with Crippen LogP contribution < -0.4 is 10.6 Å². The Bertz CT molecular complexity index is 689. The standard InChI is InChI=1S/C17H25N5O/c1-2-12-9-19-15-14(12)16(21-11-20-15)22-5-3-17(4-6-22)7-13(8-18)23-10-17/h9,11,13H,2-8,10,18H2,1H3,(H,19,20,21). The smallest absolute Gasteiger partial charge is 0.143 e. The Morgan fingerprint density at radius 2 is 2.22 bits per heavy atom. The zero-order chi connectivity index (χ0) is 15.9. The molecule has 0 aliphatic carbocycles. The van der Waals surface area contributed by atoms with Gasteiger partial charge in [0.15, 0.2) is 0 Å². The van der Waals surface area contributed by atoms with Crippen molar-refractivity contribution in [3.8, 4) is 0 Å². The molecule has 4 rings (SSSR count). The van der Waals surface area contributed by atoms with Crippen molar-refractivity contribution < 1.29 is 4.74 Å². The molecule has 1 spiro atoms. The Hall–Kier alpha value is -1.66. The van der Waals surface area contributed by atoms with E-state index in [4.69, 9.17) is 10.5 Å². The van der Waals surface area contributed by atoms with Crippen molar-refractivity contribution in [1.29, 1.82) is 0 Å². The summed E-state index contributed by atoms with van der Waals surface area (Å²) >= 11 is 0. The largest absolute Gasteiger partial charge is 0.376 e. The van der Waals surface area contributed by atoms with E-state index < -0.39 is 0 Å². The molecule has 0 bridgehead atoms. The van der Waals surface area contributed by atoms with Crippen molar-refractivity contribution in [2.24, 2.45) is 11.1 Å². The van der Waals surface area contributed by atoms with Crippen molar-refractivity contribution in [3.05, 3.63) is 18.1 Å². The van der Waals surface area contributed by atoms with Crippen LogP contribution in [-0.2, 0) is 11.2 Å². The fraction of sp³-hybridized carbons (Fsp3) is 0.647. The number of nitrogens with zero attached hydrogens (tertiary/aromatic N) is 3. The molecule has 2 aliphatic rings. The molecular weight excluding hydrogens is 290 g/mol. The predicted octanol–water partition coefficient (Wildman–Crippen LogP) is 1.85. The predicted molar refractivity (Wildman–Crippen MR) is 90.6 cm³/mol. The highest BCUT2D eigenvalue weighted by molar-refractivity contribution is 5.90. The second-order valence-electron chi connectivity index (χ2n) is 6.95.